The molecule has 0 amide bonds. The van der Waals surface area contributed by atoms with Crippen LogP contribution in [0.5, 0.6) is 0 Å². The van der Waals surface area contributed by atoms with Gasteiger partial charge in [-0.25, -0.2) is 4.57 Å². The lowest BCUT2D eigenvalue weighted by atomic mass is 9.96. The van der Waals surface area contributed by atoms with Crippen molar-refractivity contribution < 1.29 is 93.6 Å². The molecule has 0 aromatic carbocycles. The Morgan fingerprint density at radius 3 is 1.61 bits per heavy atom. The fourth-order valence-corrected chi connectivity index (χ4v) is 4.52. The molecular formula is C18H33O19P. The van der Waals surface area contributed by atoms with Crippen LogP contribution in [0.15, 0.2) is 0 Å². The van der Waals surface area contributed by atoms with Crippen LogP contribution in [-0.4, -0.2) is 173 Å². The van der Waals surface area contributed by atoms with Crippen LogP contribution in [0.2, 0.25) is 0 Å². The molecule has 12 N–H and O–H groups in total. The summed E-state index contributed by atoms with van der Waals surface area (Å²) in [5.41, 5.74) is 0. The summed E-state index contributed by atoms with van der Waals surface area (Å²) in [5.74, 6) is 0. The predicted molar refractivity (Wildman–Crippen MR) is 112 cm³/mol. The summed E-state index contributed by atoms with van der Waals surface area (Å²) < 4.78 is 41.6. The SMILES string of the molecule is O=P(O)(O)OC[C@H]1OC(O)[C@H](O[C@H]2O[C@H](CO)[C@@H](O)[C@H](O)[C@H]2O[C@H]2O[C@H](CO)[C@@H](O)[C@H](O)[C@H]2O)[C@@H](O)[C@@H]1O. The summed E-state index contributed by atoms with van der Waals surface area (Å²) in [6.45, 7) is -2.61. The first-order valence-corrected chi connectivity index (χ1v) is 12.9. The first kappa shape index (κ1) is 32.0. The number of aliphatic hydroxyl groups is 10. The second-order valence-corrected chi connectivity index (χ2v) is 10.2. The Morgan fingerprint density at radius 2 is 1.05 bits per heavy atom. The average molecular weight is 584 g/mol. The molecule has 19 nitrogen and oxygen atoms in total. The Labute approximate surface area is 214 Å². The number of phosphoric acid groups is 1. The second-order valence-electron chi connectivity index (χ2n) is 8.94. The summed E-state index contributed by atoms with van der Waals surface area (Å²) >= 11 is 0. The predicted octanol–water partition coefficient (Wildman–Crippen LogP) is -7.46. The Bertz CT molecular complexity index is 798. The standard InChI is InChI=1S/C18H33O19P/c19-1-4-7(21)10(24)13(27)17(34-4)37-15-12(26)8(22)5(2-20)35-18(15)36-14-11(25)9(23)6(33-16(14)28)3-32-38(29,30)31/h4-28H,1-3H2,(H2,29,30,31)/t4-,5-,6-,7-,8-,9-,10+,11+,12+,13-,14-,15-,16?,17-,18-/m1/s1. The number of rotatable bonds is 9. The van der Waals surface area contributed by atoms with Gasteiger partial charge in [0.25, 0.3) is 0 Å². The van der Waals surface area contributed by atoms with Gasteiger partial charge in [0.15, 0.2) is 18.9 Å². The molecule has 0 saturated carbocycles. The molecule has 3 heterocycles. The van der Waals surface area contributed by atoms with Gasteiger partial charge in [0.1, 0.15) is 73.2 Å². The Hall–Kier alpha value is -0.490. The quantitative estimate of drug-likeness (QED) is 0.112. The van der Waals surface area contributed by atoms with Gasteiger partial charge in [0, 0.05) is 0 Å². The van der Waals surface area contributed by atoms with Gasteiger partial charge in [-0.3, -0.25) is 4.52 Å². The average Bonchev–Trinajstić information content (AvgIpc) is 2.86. The molecule has 0 spiro atoms. The van der Waals surface area contributed by atoms with E-state index in [0.29, 0.717) is 0 Å². The van der Waals surface area contributed by atoms with E-state index in [4.69, 9.17) is 33.5 Å². The van der Waals surface area contributed by atoms with Crippen molar-refractivity contribution in [3.05, 3.63) is 0 Å². The van der Waals surface area contributed by atoms with Gasteiger partial charge >= 0.3 is 7.82 Å². The first-order valence-electron chi connectivity index (χ1n) is 11.3. The van der Waals surface area contributed by atoms with Gasteiger partial charge in [-0.1, -0.05) is 0 Å². The molecule has 3 fully saturated rings. The fraction of sp³-hybridized carbons (Fsp3) is 1.00. The maximum Gasteiger partial charge on any atom is 0.469 e. The second kappa shape index (κ2) is 13.0. The minimum Gasteiger partial charge on any atom is -0.394 e. The van der Waals surface area contributed by atoms with Crippen molar-refractivity contribution >= 4 is 7.82 Å². The minimum absolute atomic E-state index is 0.813. The Balaban J connectivity index is 1.78. The molecule has 38 heavy (non-hydrogen) atoms. The molecule has 15 atom stereocenters. The van der Waals surface area contributed by atoms with E-state index in [2.05, 4.69) is 4.52 Å². The molecule has 0 aromatic rings. The Morgan fingerprint density at radius 1 is 0.579 bits per heavy atom. The maximum absolute atomic E-state index is 10.9. The molecule has 0 aromatic heterocycles. The summed E-state index contributed by atoms with van der Waals surface area (Å²) in [5, 5.41) is 101. The largest absolute Gasteiger partial charge is 0.469 e. The number of aliphatic hydroxyl groups excluding tert-OH is 10. The van der Waals surface area contributed by atoms with E-state index in [1.165, 1.54) is 0 Å². The first-order chi connectivity index (χ1) is 17.7. The maximum atomic E-state index is 10.9. The molecule has 3 rings (SSSR count). The molecule has 3 aliphatic rings. The number of hydrogen-bond acceptors (Lipinski definition) is 17. The lowest BCUT2D eigenvalue weighted by molar-refractivity contribution is -0.391. The monoisotopic (exact) mass is 584 g/mol. The van der Waals surface area contributed by atoms with Crippen molar-refractivity contribution in [3.63, 3.8) is 0 Å². The number of ether oxygens (including phenoxy) is 5. The third-order valence-corrected chi connectivity index (χ3v) is 6.81. The molecule has 224 valence electrons. The summed E-state index contributed by atoms with van der Waals surface area (Å²) in [4.78, 5) is 17.6. The van der Waals surface area contributed by atoms with E-state index in [0.717, 1.165) is 0 Å². The van der Waals surface area contributed by atoms with E-state index in [1.54, 1.807) is 0 Å². The smallest absolute Gasteiger partial charge is 0.394 e. The van der Waals surface area contributed by atoms with Gasteiger partial charge in [-0.05, 0) is 0 Å². The lowest BCUT2D eigenvalue weighted by Crippen LogP contribution is -2.66. The van der Waals surface area contributed by atoms with Gasteiger partial charge in [-0.2, -0.15) is 0 Å². The van der Waals surface area contributed by atoms with Crippen LogP contribution < -0.4 is 0 Å². The molecule has 3 saturated heterocycles. The molecule has 0 aliphatic carbocycles. The molecule has 3 aliphatic heterocycles. The zero-order valence-electron chi connectivity index (χ0n) is 19.5. The van der Waals surface area contributed by atoms with E-state index in [-0.39, 0.29) is 0 Å². The topological polar surface area (TPSA) is 315 Å². The van der Waals surface area contributed by atoms with Crippen LogP contribution in [0.3, 0.4) is 0 Å². The van der Waals surface area contributed by atoms with E-state index >= 15 is 0 Å². The summed E-state index contributed by atoms with van der Waals surface area (Å²) in [6, 6.07) is 0. The van der Waals surface area contributed by atoms with Gasteiger partial charge in [0.2, 0.25) is 0 Å². The number of phosphoric ester groups is 1. The van der Waals surface area contributed by atoms with Crippen molar-refractivity contribution in [2.45, 2.75) is 92.1 Å². The Kier molecular flexibility index (Phi) is 11.0. The molecule has 0 bridgehead atoms. The minimum atomic E-state index is -4.99. The van der Waals surface area contributed by atoms with Crippen LogP contribution in [0, 0.1) is 0 Å². The van der Waals surface area contributed by atoms with Gasteiger partial charge < -0.3 is 84.5 Å². The van der Waals surface area contributed by atoms with Crippen molar-refractivity contribution in [1.82, 2.24) is 0 Å². The highest BCUT2D eigenvalue weighted by Crippen LogP contribution is 2.37. The molecule has 1 unspecified atom stereocenters. The lowest BCUT2D eigenvalue weighted by Gasteiger charge is -2.48. The van der Waals surface area contributed by atoms with Gasteiger partial charge in [-0.15, -0.1) is 0 Å². The van der Waals surface area contributed by atoms with E-state index < -0.39 is 120 Å². The van der Waals surface area contributed by atoms with E-state index in [9.17, 15) is 55.6 Å². The summed E-state index contributed by atoms with van der Waals surface area (Å²) in [7, 11) is -4.99. The highest BCUT2D eigenvalue weighted by atomic mass is 31.2. The zero-order chi connectivity index (χ0) is 28.5. The van der Waals surface area contributed by atoms with Gasteiger partial charge in [0.05, 0.1) is 19.8 Å². The zero-order valence-corrected chi connectivity index (χ0v) is 20.3. The van der Waals surface area contributed by atoms with Crippen LogP contribution in [0.25, 0.3) is 0 Å². The molecular weight excluding hydrogens is 551 g/mol. The highest BCUT2D eigenvalue weighted by molar-refractivity contribution is 7.46. The molecule has 0 radical (unpaired) electrons. The normalized spacial score (nSPS) is 48.7. The third kappa shape index (κ3) is 7.04. The van der Waals surface area contributed by atoms with Crippen molar-refractivity contribution in [3.8, 4) is 0 Å². The molecule has 20 heteroatoms. The van der Waals surface area contributed by atoms with Crippen LogP contribution in [0.1, 0.15) is 0 Å². The van der Waals surface area contributed by atoms with Crippen molar-refractivity contribution in [1.29, 1.82) is 0 Å². The van der Waals surface area contributed by atoms with Crippen LogP contribution >= 0.6 is 7.82 Å². The van der Waals surface area contributed by atoms with Crippen molar-refractivity contribution in [2.24, 2.45) is 0 Å². The van der Waals surface area contributed by atoms with Crippen LogP contribution in [-0.2, 0) is 32.8 Å². The third-order valence-electron chi connectivity index (χ3n) is 6.33. The number of hydrogen-bond donors (Lipinski definition) is 12. The summed E-state index contributed by atoms with van der Waals surface area (Å²) in [6.07, 6.45) is -27.4. The van der Waals surface area contributed by atoms with E-state index in [1.807, 2.05) is 0 Å². The highest BCUT2D eigenvalue weighted by Gasteiger charge is 2.53. The fourth-order valence-electron chi connectivity index (χ4n) is 4.18. The van der Waals surface area contributed by atoms with Crippen LogP contribution in [0.4, 0.5) is 0 Å². The van der Waals surface area contributed by atoms with Crippen molar-refractivity contribution in [2.75, 3.05) is 19.8 Å².